The lowest BCUT2D eigenvalue weighted by atomic mass is 10.2. The minimum atomic E-state index is -0.320. The van der Waals surface area contributed by atoms with Crippen molar-refractivity contribution in [3.8, 4) is 0 Å². The van der Waals surface area contributed by atoms with Gasteiger partial charge < -0.3 is 16.0 Å². The van der Waals surface area contributed by atoms with Gasteiger partial charge in [0.2, 0.25) is 5.91 Å². The number of nitrogens with one attached hydrogen (secondary N) is 3. The number of pyridine rings is 1. The number of carbonyl (C=O) groups is 2. The second-order valence-electron chi connectivity index (χ2n) is 6.26. The number of halogens is 1. The van der Waals surface area contributed by atoms with Crippen LogP contribution >= 0.6 is 22.9 Å². The van der Waals surface area contributed by atoms with Crippen LogP contribution in [0.4, 0.5) is 10.8 Å². The van der Waals surface area contributed by atoms with E-state index in [1.807, 2.05) is 37.3 Å². The molecule has 2 heterocycles. The van der Waals surface area contributed by atoms with Crippen LogP contribution in [0.1, 0.15) is 28.0 Å². The fourth-order valence-corrected chi connectivity index (χ4v) is 3.32. The normalized spacial score (nSPS) is 10.4. The summed E-state index contributed by atoms with van der Waals surface area (Å²) in [5, 5.41) is 11.6. The smallest absolute Gasteiger partial charge is 0.270 e. The minimum absolute atomic E-state index is 0.140. The molecule has 0 aliphatic heterocycles. The van der Waals surface area contributed by atoms with E-state index in [-0.39, 0.29) is 24.8 Å². The van der Waals surface area contributed by atoms with E-state index >= 15 is 0 Å². The fraction of sp³-hybridized carbons (Fsp3) is 0.200. The van der Waals surface area contributed by atoms with Gasteiger partial charge in [0, 0.05) is 48.0 Å². The number of thiazole rings is 1. The topological polar surface area (TPSA) is 96.0 Å². The first kappa shape index (κ1) is 20.8. The quantitative estimate of drug-likeness (QED) is 0.507. The predicted octanol–water partition coefficient (Wildman–Crippen LogP) is 3.68. The Bertz CT molecular complexity index is 994. The number of amides is 2. The molecule has 1 aromatic carbocycles. The van der Waals surface area contributed by atoms with Crippen molar-refractivity contribution in [1.82, 2.24) is 20.6 Å². The SMILES string of the molecule is Cc1ccc(Cl)cc1Nc1nc(C(=O)NCCC(=O)NCc2ccncc2)cs1. The van der Waals surface area contributed by atoms with Crippen LogP contribution < -0.4 is 16.0 Å². The lowest BCUT2D eigenvalue weighted by Gasteiger charge is -2.07. The molecule has 2 amide bonds. The Morgan fingerprint density at radius 2 is 1.93 bits per heavy atom. The van der Waals surface area contributed by atoms with Crippen molar-refractivity contribution in [3.05, 3.63) is 69.9 Å². The molecule has 3 aromatic rings. The molecule has 2 aromatic heterocycles. The third-order valence-electron chi connectivity index (χ3n) is 4.05. The van der Waals surface area contributed by atoms with Gasteiger partial charge in [-0.05, 0) is 42.3 Å². The van der Waals surface area contributed by atoms with Gasteiger partial charge in [-0.2, -0.15) is 0 Å². The van der Waals surface area contributed by atoms with Gasteiger partial charge in [0.15, 0.2) is 5.13 Å². The molecule has 3 N–H and O–H groups in total. The molecule has 150 valence electrons. The molecule has 0 fully saturated rings. The summed E-state index contributed by atoms with van der Waals surface area (Å²) in [6, 6.07) is 9.20. The third-order valence-corrected chi connectivity index (χ3v) is 5.05. The van der Waals surface area contributed by atoms with E-state index in [0.29, 0.717) is 22.4 Å². The number of benzene rings is 1. The zero-order valence-electron chi connectivity index (χ0n) is 15.7. The molecular formula is C20H20ClN5O2S. The Morgan fingerprint density at radius 3 is 2.72 bits per heavy atom. The van der Waals surface area contributed by atoms with Crippen LogP contribution in [0, 0.1) is 6.92 Å². The molecule has 29 heavy (non-hydrogen) atoms. The largest absolute Gasteiger partial charge is 0.352 e. The lowest BCUT2D eigenvalue weighted by Crippen LogP contribution is -2.30. The fourth-order valence-electron chi connectivity index (χ4n) is 2.45. The number of hydrogen-bond acceptors (Lipinski definition) is 6. The monoisotopic (exact) mass is 429 g/mol. The van der Waals surface area contributed by atoms with Crippen LogP contribution in [0.15, 0.2) is 48.1 Å². The van der Waals surface area contributed by atoms with Crippen molar-refractivity contribution in [3.63, 3.8) is 0 Å². The highest BCUT2D eigenvalue weighted by molar-refractivity contribution is 7.14. The van der Waals surface area contributed by atoms with Crippen LogP contribution in [0.3, 0.4) is 0 Å². The van der Waals surface area contributed by atoms with E-state index in [0.717, 1.165) is 16.8 Å². The molecule has 0 aliphatic carbocycles. The van der Waals surface area contributed by atoms with Gasteiger partial charge in [0.1, 0.15) is 5.69 Å². The van der Waals surface area contributed by atoms with Gasteiger partial charge in [-0.15, -0.1) is 11.3 Å². The van der Waals surface area contributed by atoms with Crippen molar-refractivity contribution in [2.75, 3.05) is 11.9 Å². The van der Waals surface area contributed by atoms with E-state index in [1.165, 1.54) is 11.3 Å². The summed E-state index contributed by atoms with van der Waals surface area (Å²) in [6.45, 7) is 2.62. The Labute approximate surface area is 177 Å². The average Bonchev–Trinajstić information content (AvgIpc) is 3.18. The number of anilines is 2. The molecule has 0 aliphatic rings. The second-order valence-corrected chi connectivity index (χ2v) is 7.55. The molecule has 0 saturated carbocycles. The first-order valence-corrected chi connectivity index (χ1v) is 10.2. The lowest BCUT2D eigenvalue weighted by molar-refractivity contribution is -0.121. The summed E-state index contributed by atoms with van der Waals surface area (Å²) in [4.78, 5) is 32.4. The maximum absolute atomic E-state index is 12.2. The van der Waals surface area contributed by atoms with Crippen LogP contribution in [-0.2, 0) is 11.3 Å². The van der Waals surface area contributed by atoms with E-state index in [2.05, 4.69) is 25.9 Å². The van der Waals surface area contributed by atoms with E-state index in [4.69, 9.17) is 11.6 Å². The summed E-state index contributed by atoms with van der Waals surface area (Å²) in [6.07, 6.45) is 3.53. The van der Waals surface area contributed by atoms with Crippen LogP contribution in [0.25, 0.3) is 0 Å². The highest BCUT2D eigenvalue weighted by Crippen LogP contribution is 2.26. The van der Waals surface area contributed by atoms with Crippen molar-refractivity contribution in [2.24, 2.45) is 0 Å². The first-order chi connectivity index (χ1) is 14.0. The third kappa shape index (κ3) is 6.27. The Morgan fingerprint density at radius 1 is 1.14 bits per heavy atom. The van der Waals surface area contributed by atoms with Crippen molar-refractivity contribution in [2.45, 2.75) is 19.9 Å². The van der Waals surface area contributed by atoms with E-state index < -0.39 is 0 Å². The number of nitrogens with zero attached hydrogens (tertiary/aromatic N) is 2. The molecule has 0 saturated heterocycles. The number of aromatic nitrogens is 2. The number of hydrogen-bond donors (Lipinski definition) is 3. The molecule has 7 nitrogen and oxygen atoms in total. The van der Waals surface area contributed by atoms with Gasteiger partial charge in [-0.25, -0.2) is 4.98 Å². The van der Waals surface area contributed by atoms with Crippen LogP contribution in [0.5, 0.6) is 0 Å². The van der Waals surface area contributed by atoms with Gasteiger partial charge in [-0.3, -0.25) is 14.6 Å². The number of aryl methyl sites for hydroxylation is 1. The minimum Gasteiger partial charge on any atom is -0.352 e. The predicted molar refractivity (Wildman–Crippen MR) is 115 cm³/mol. The Kier molecular flexibility index (Phi) is 7.15. The standard InChI is InChI=1S/C20H20ClN5O2S/c1-13-2-3-15(21)10-16(13)25-20-26-17(12-29-20)19(28)23-9-6-18(27)24-11-14-4-7-22-8-5-14/h2-5,7-8,10,12H,6,9,11H2,1H3,(H,23,28)(H,24,27)(H,25,26). The first-order valence-electron chi connectivity index (χ1n) is 8.94. The van der Waals surface area contributed by atoms with Gasteiger partial charge >= 0.3 is 0 Å². The zero-order chi connectivity index (χ0) is 20.6. The molecule has 0 unspecified atom stereocenters. The second kappa shape index (κ2) is 9.99. The highest BCUT2D eigenvalue weighted by atomic mass is 35.5. The molecule has 3 rings (SSSR count). The number of rotatable bonds is 8. The molecule has 0 radical (unpaired) electrons. The molecular weight excluding hydrogens is 410 g/mol. The maximum atomic E-state index is 12.2. The van der Waals surface area contributed by atoms with Crippen molar-refractivity contribution in [1.29, 1.82) is 0 Å². The Hall–Kier alpha value is -2.97. The highest BCUT2D eigenvalue weighted by Gasteiger charge is 2.12. The van der Waals surface area contributed by atoms with Crippen molar-refractivity contribution < 1.29 is 9.59 Å². The summed E-state index contributed by atoms with van der Waals surface area (Å²) in [5.74, 6) is -0.460. The molecule has 0 atom stereocenters. The summed E-state index contributed by atoms with van der Waals surface area (Å²) < 4.78 is 0. The van der Waals surface area contributed by atoms with Crippen molar-refractivity contribution >= 4 is 45.6 Å². The van der Waals surface area contributed by atoms with Gasteiger partial charge in [0.25, 0.3) is 5.91 Å². The molecule has 0 spiro atoms. The van der Waals surface area contributed by atoms with Gasteiger partial charge in [0.05, 0.1) is 0 Å². The summed E-state index contributed by atoms with van der Waals surface area (Å²) in [7, 11) is 0. The van der Waals surface area contributed by atoms with Crippen LogP contribution in [-0.4, -0.2) is 28.3 Å². The number of carbonyl (C=O) groups excluding carboxylic acids is 2. The average molecular weight is 430 g/mol. The van der Waals surface area contributed by atoms with E-state index in [9.17, 15) is 9.59 Å². The molecule has 0 bridgehead atoms. The molecule has 9 heteroatoms. The zero-order valence-corrected chi connectivity index (χ0v) is 17.3. The Balaban J connectivity index is 1.44. The summed E-state index contributed by atoms with van der Waals surface area (Å²) >= 11 is 7.34. The summed E-state index contributed by atoms with van der Waals surface area (Å²) in [5.41, 5.74) is 3.13. The van der Waals surface area contributed by atoms with Crippen LogP contribution in [0.2, 0.25) is 5.02 Å². The van der Waals surface area contributed by atoms with Gasteiger partial charge in [-0.1, -0.05) is 17.7 Å². The maximum Gasteiger partial charge on any atom is 0.270 e. The van der Waals surface area contributed by atoms with E-state index in [1.54, 1.807) is 17.8 Å².